The number of halogens is 1. The van der Waals surface area contributed by atoms with E-state index in [0.29, 0.717) is 23.8 Å². The van der Waals surface area contributed by atoms with Crippen LogP contribution < -0.4 is 10.6 Å². The maximum atomic E-state index is 13.5. The second kappa shape index (κ2) is 6.81. The molecule has 0 saturated carbocycles. The zero-order valence-corrected chi connectivity index (χ0v) is 11.7. The summed E-state index contributed by atoms with van der Waals surface area (Å²) in [6.45, 7) is 4.57. The molecule has 1 aromatic heterocycles. The number of hydrogen-bond acceptors (Lipinski definition) is 2. The number of thiocarbonyl (C=S) groups is 1. The standard InChI is InChI=1S/C14H15FN4S/c1-2-7-16-14(20)18-12-8-17-19(10-12)9-11-5-3-4-6-13(11)15/h2-6,8,10H,1,7,9H2,(H2,16,18,20). The highest BCUT2D eigenvalue weighted by molar-refractivity contribution is 7.80. The van der Waals surface area contributed by atoms with Gasteiger partial charge in [0.2, 0.25) is 0 Å². The summed E-state index contributed by atoms with van der Waals surface area (Å²) in [5, 5.41) is 10.6. The Morgan fingerprint density at radius 2 is 2.25 bits per heavy atom. The molecule has 0 bridgehead atoms. The van der Waals surface area contributed by atoms with Gasteiger partial charge >= 0.3 is 0 Å². The van der Waals surface area contributed by atoms with Crippen molar-refractivity contribution < 1.29 is 4.39 Å². The van der Waals surface area contributed by atoms with E-state index in [1.165, 1.54) is 6.07 Å². The van der Waals surface area contributed by atoms with Crippen LogP contribution in [-0.4, -0.2) is 21.4 Å². The quantitative estimate of drug-likeness (QED) is 0.656. The Balaban J connectivity index is 1.97. The van der Waals surface area contributed by atoms with E-state index in [9.17, 15) is 4.39 Å². The predicted octanol–water partition coefficient (Wildman–Crippen LogP) is 2.54. The summed E-state index contributed by atoms with van der Waals surface area (Å²) < 4.78 is 15.2. The molecule has 0 aliphatic carbocycles. The summed E-state index contributed by atoms with van der Waals surface area (Å²) in [5.41, 5.74) is 1.34. The number of nitrogens with zero attached hydrogens (tertiary/aromatic N) is 2. The van der Waals surface area contributed by atoms with Gasteiger partial charge in [-0.25, -0.2) is 4.39 Å². The summed E-state index contributed by atoms with van der Waals surface area (Å²) in [5.74, 6) is -0.235. The Morgan fingerprint density at radius 3 is 3.00 bits per heavy atom. The van der Waals surface area contributed by atoms with Gasteiger partial charge in [-0.1, -0.05) is 24.3 Å². The van der Waals surface area contributed by atoms with Gasteiger partial charge in [0.15, 0.2) is 5.11 Å². The summed E-state index contributed by atoms with van der Waals surface area (Å²) in [4.78, 5) is 0. The van der Waals surface area contributed by atoms with Crippen molar-refractivity contribution >= 4 is 23.0 Å². The number of anilines is 1. The summed E-state index contributed by atoms with van der Waals surface area (Å²) in [6.07, 6.45) is 5.13. The zero-order valence-electron chi connectivity index (χ0n) is 10.8. The molecule has 0 aliphatic rings. The van der Waals surface area contributed by atoms with Crippen LogP contribution in [-0.2, 0) is 6.54 Å². The molecule has 0 fully saturated rings. The summed E-state index contributed by atoms with van der Waals surface area (Å²) in [6, 6.07) is 6.64. The topological polar surface area (TPSA) is 41.9 Å². The van der Waals surface area contributed by atoms with E-state index in [4.69, 9.17) is 12.2 Å². The third-order valence-electron chi connectivity index (χ3n) is 2.59. The smallest absolute Gasteiger partial charge is 0.171 e. The molecule has 0 spiro atoms. The van der Waals surface area contributed by atoms with E-state index in [0.717, 1.165) is 5.69 Å². The molecular weight excluding hydrogens is 275 g/mol. The van der Waals surface area contributed by atoms with Crippen molar-refractivity contribution in [2.75, 3.05) is 11.9 Å². The second-order valence-corrected chi connectivity index (χ2v) is 4.55. The molecule has 4 nitrogen and oxygen atoms in total. The van der Waals surface area contributed by atoms with Crippen LogP contribution in [0.2, 0.25) is 0 Å². The van der Waals surface area contributed by atoms with E-state index >= 15 is 0 Å². The SMILES string of the molecule is C=CCNC(=S)Nc1cnn(Cc2ccccc2F)c1. The number of rotatable bonds is 5. The third kappa shape index (κ3) is 3.89. The molecule has 0 saturated heterocycles. The van der Waals surface area contributed by atoms with Gasteiger partial charge in [-0.3, -0.25) is 4.68 Å². The van der Waals surface area contributed by atoms with Crippen molar-refractivity contribution in [1.82, 2.24) is 15.1 Å². The minimum absolute atomic E-state index is 0.235. The molecule has 0 amide bonds. The fraction of sp³-hybridized carbons (Fsp3) is 0.143. The fourth-order valence-electron chi connectivity index (χ4n) is 1.66. The second-order valence-electron chi connectivity index (χ2n) is 4.14. The van der Waals surface area contributed by atoms with E-state index in [1.54, 1.807) is 41.4 Å². The van der Waals surface area contributed by atoms with E-state index in [-0.39, 0.29) is 5.82 Å². The Morgan fingerprint density at radius 1 is 1.45 bits per heavy atom. The van der Waals surface area contributed by atoms with Gasteiger partial charge < -0.3 is 10.6 Å². The monoisotopic (exact) mass is 290 g/mol. The Kier molecular flexibility index (Phi) is 4.84. The number of nitrogens with one attached hydrogen (secondary N) is 2. The molecule has 0 unspecified atom stereocenters. The van der Waals surface area contributed by atoms with Gasteiger partial charge in [-0.05, 0) is 18.3 Å². The van der Waals surface area contributed by atoms with Crippen LogP contribution in [0.15, 0.2) is 49.3 Å². The first-order chi connectivity index (χ1) is 9.69. The molecule has 1 heterocycles. The normalized spacial score (nSPS) is 10.1. The average Bonchev–Trinajstić information content (AvgIpc) is 2.86. The zero-order chi connectivity index (χ0) is 14.4. The lowest BCUT2D eigenvalue weighted by Gasteiger charge is -2.06. The molecule has 0 aliphatic heterocycles. The lowest BCUT2D eigenvalue weighted by atomic mass is 10.2. The van der Waals surface area contributed by atoms with E-state index < -0.39 is 0 Å². The van der Waals surface area contributed by atoms with Crippen molar-refractivity contribution in [2.24, 2.45) is 0 Å². The highest BCUT2D eigenvalue weighted by Crippen LogP contribution is 2.10. The molecule has 0 atom stereocenters. The third-order valence-corrected chi connectivity index (χ3v) is 2.83. The molecule has 20 heavy (non-hydrogen) atoms. The molecule has 2 N–H and O–H groups in total. The lowest BCUT2D eigenvalue weighted by Crippen LogP contribution is -2.28. The van der Waals surface area contributed by atoms with Gasteiger partial charge in [0, 0.05) is 18.3 Å². The van der Waals surface area contributed by atoms with Crippen LogP contribution in [0.25, 0.3) is 0 Å². The highest BCUT2D eigenvalue weighted by atomic mass is 32.1. The van der Waals surface area contributed by atoms with E-state index in [2.05, 4.69) is 22.3 Å². The van der Waals surface area contributed by atoms with Gasteiger partial charge in [0.1, 0.15) is 5.82 Å². The Bertz CT molecular complexity index is 609. The molecule has 2 aromatic rings. The van der Waals surface area contributed by atoms with Crippen molar-refractivity contribution in [3.8, 4) is 0 Å². The minimum atomic E-state index is -0.235. The van der Waals surface area contributed by atoms with Crippen LogP contribution >= 0.6 is 12.2 Å². The summed E-state index contributed by atoms with van der Waals surface area (Å²) >= 11 is 5.09. The van der Waals surface area contributed by atoms with Crippen LogP contribution in [0.3, 0.4) is 0 Å². The first-order valence-electron chi connectivity index (χ1n) is 6.10. The van der Waals surface area contributed by atoms with E-state index in [1.807, 2.05) is 0 Å². The van der Waals surface area contributed by atoms with Gasteiger partial charge in [-0.15, -0.1) is 6.58 Å². The average molecular weight is 290 g/mol. The number of hydrogen-bond donors (Lipinski definition) is 2. The lowest BCUT2D eigenvalue weighted by molar-refractivity contribution is 0.585. The molecule has 6 heteroatoms. The van der Waals surface area contributed by atoms with Crippen molar-refractivity contribution in [3.63, 3.8) is 0 Å². The minimum Gasteiger partial charge on any atom is -0.359 e. The van der Waals surface area contributed by atoms with Gasteiger partial charge in [0.05, 0.1) is 18.4 Å². The molecule has 2 rings (SSSR count). The van der Waals surface area contributed by atoms with Crippen molar-refractivity contribution in [1.29, 1.82) is 0 Å². The number of aromatic nitrogens is 2. The fourth-order valence-corrected chi connectivity index (χ4v) is 1.86. The maximum Gasteiger partial charge on any atom is 0.171 e. The Hall–Kier alpha value is -2.21. The van der Waals surface area contributed by atoms with Gasteiger partial charge in [-0.2, -0.15) is 5.10 Å². The highest BCUT2D eigenvalue weighted by Gasteiger charge is 2.04. The van der Waals surface area contributed by atoms with Crippen LogP contribution in [0.4, 0.5) is 10.1 Å². The van der Waals surface area contributed by atoms with Crippen molar-refractivity contribution in [3.05, 3.63) is 60.7 Å². The largest absolute Gasteiger partial charge is 0.359 e. The van der Waals surface area contributed by atoms with Crippen molar-refractivity contribution in [2.45, 2.75) is 6.54 Å². The van der Waals surface area contributed by atoms with Gasteiger partial charge in [0.25, 0.3) is 0 Å². The predicted molar refractivity (Wildman–Crippen MR) is 82.1 cm³/mol. The van der Waals surface area contributed by atoms with Crippen LogP contribution in [0.1, 0.15) is 5.56 Å². The molecule has 104 valence electrons. The number of benzene rings is 1. The first kappa shape index (κ1) is 14.2. The maximum absolute atomic E-state index is 13.5. The Labute approximate surface area is 122 Å². The first-order valence-corrected chi connectivity index (χ1v) is 6.51. The molecule has 0 radical (unpaired) electrons. The van der Waals surface area contributed by atoms with Crippen LogP contribution in [0, 0.1) is 5.82 Å². The molecule has 1 aromatic carbocycles. The summed E-state index contributed by atoms with van der Waals surface area (Å²) in [7, 11) is 0. The van der Waals surface area contributed by atoms with Crippen LogP contribution in [0.5, 0.6) is 0 Å². The molecular formula is C14H15FN4S.